The van der Waals surface area contributed by atoms with Crippen LogP contribution in [0.25, 0.3) is 0 Å². The average Bonchev–Trinajstić information content (AvgIpc) is 1.12. The van der Waals surface area contributed by atoms with Crippen LogP contribution in [0.15, 0.2) is 0 Å². The van der Waals surface area contributed by atoms with Gasteiger partial charge in [-0.3, -0.25) is 0 Å². The maximum Gasteiger partial charge on any atom is 3.00 e. The Kier molecular flexibility index (Phi) is 17.2. The summed E-state index contributed by atoms with van der Waals surface area (Å²) in [6.07, 6.45) is 0. The first-order valence-electron chi connectivity index (χ1n) is 1.43. The Morgan fingerprint density at radius 2 is 0.833 bits per heavy atom. The van der Waals surface area contributed by atoms with Crippen molar-refractivity contribution in [2.24, 2.45) is 0 Å². The van der Waals surface area contributed by atoms with Crippen LogP contribution in [0.3, 0.4) is 0 Å². The molecule has 12 heavy (non-hydrogen) atoms. The topological polar surface area (TPSA) is 126 Å². The van der Waals surface area contributed by atoms with Crippen LogP contribution >= 0.6 is 15.8 Å². The van der Waals surface area contributed by atoms with Gasteiger partial charge in [-0.25, -0.2) is 8.39 Å². The summed E-state index contributed by atoms with van der Waals surface area (Å²) in [6, 6.07) is 0. The first-order valence-corrected chi connectivity index (χ1v) is 4.30. The van der Waals surface area contributed by atoms with Gasteiger partial charge in [-0.1, -0.05) is 0 Å². The van der Waals surface area contributed by atoms with E-state index in [1.165, 1.54) is 0 Å². The van der Waals surface area contributed by atoms with Crippen molar-refractivity contribution >= 4 is 15.8 Å². The Labute approximate surface area is 89.0 Å². The molecule has 0 aromatic carbocycles. The number of halogens is 2. The van der Waals surface area contributed by atoms with Crippen LogP contribution < -0.4 is 38.4 Å². The Balaban J connectivity index is -0.0000000457. The second-order valence-electron chi connectivity index (χ2n) is 0.861. The Morgan fingerprint density at radius 1 is 0.833 bits per heavy atom. The predicted octanol–water partition coefficient (Wildman–Crippen LogP) is -5.43. The van der Waals surface area contributed by atoms with Gasteiger partial charge >= 0.3 is 35.9 Å². The molecule has 0 bridgehead atoms. The molecule has 69 valence electrons. The van der Waals surface area contributed by atoms with E-state index in [-0.39, 0.29) is 35.9 Å². The average molecular weight is 259 g/mol. The summed E-state index contributed by atoms with van der Waals surface area (Å²) in [6.45, 7) is 0. The maximum atomic E-state index is 10.1. The molecule has 0 heterocycles. The molecule has 0 saturated heterocycles. The first kappa shape index (κ1) is 23.3. The molecule has 0 N–H and O–H groups in total. The van der Waals surface area contributed by atoms with Crippen molar-refractivity contribution in [3.8, 4) is 0 Å². The van der Waals surface area contributed by atoms with Crippen LogP contribution in [0.1, 0.15) is 0 Å². The fourth-order valence-corrected chi connectivity index (χ4v) is 0. The molecule has 12 heteroatoms. The zero-order valence-electron chi connectivity index (χ0n) is 5.45. The second-order valence-corrected chi connectivity index (χ2v) is 2.58. The van der Waals surface area contributed by atoms with Gasteiger partial charge in [-0.05, 0) is 0 Å². The fourth-order valence-electron chi connectivity index (χ4n) is 0. The molecular formula is F2FeLiO6P2. The molecule has 1 radical (unpaired) electrons. The molecule has 0 aromatic heterocycles. The molecule has 0 saturated carbocycles. The Hall–Kier alpha value is 1.28. The van der Waals surface area contributed by atoms with Crippen molar-refractivity contribution in [2.75, 3.05) is 0 Å². The third-order valence-electron chi connectivity index (χ3n) is 0. The third-order valence-corrected chi connectivity index (χ3v) is 0. The quantitative estimate of drug-likeness (QED) is 0.315. The summed E-state index contributed by atoms with van der Waals surface area (Å²) in [7, 11) is -11.3. The van der Waals surface area contributed by atoms with Gasteiger partial charge in [-0.15, -0.1) is 0 Å². The zero-order valence-corrected chi connectivity index (χ0v) is 8.35. The molecule has 0 aromatic rings. The van der Waals surface area contributed by atoms with E-state index in [1.54, 1.807) is 0 Å². The Morgan fingerprint density at radius 3 is 0.833 bits per heavy atom. The minimum Gasteiger partial charge on any atom is -0.786 e. The summed E-state index contributed by atoms with van der Waals surface area (Å²) in [4.78, 5) is 33.8. The summed E-state index contributed by atoms with van der Waals surface area (Å²) in [5, 5.41) is 0. The molecule has 0 rings (SSSR count). The molecule has 0 spiro atoms. The maximum absolute atomic E-state index is 10.1. The standard InChI is InChI=1S/2FH2O3P.Fe.Li/c2*1-5(2,3)4;;/h2*(H2,2,3,4);;/q;;+3;+1/p-4. The van der Waals surface area contributed by atoms with Crippen molar-refractivity contribution in [3.05, 3.63) is 0 Å². The van der Waals surface area contributed by atoms with E-state index in [4.69, 9.17) is 28.7 Å². The van der Waals surface area contributed by atoms with E-state index in [0.29, 0.717) is 0 Å². The minimum atomic E-state index is -5.64. The molecule has 0 unspecified atom stereocenters. The second kappa shape index (κ2) is 8.86. The summed E-state index contributed by atoms with van der Waals surface area (Å²) in [5.41, 5.74) is 0. The molecule has 0 aliphatic rings. The van der Waals surface area contributed by atoms with Crippen LogP contribution in [-0.2, 0) is 26.2 Å². The molecule has 0 aliphatic carbocycles. The van der Waals surface area contributed by atoms with Gasteiger partial charge in [0.15, 0.2) is 0 Å². The van der Waals surface area contributed by atoms with Gasteiger partial charge in [0.2, 0.25) is 0 Å². The van der Waals surface area contributed by atoms with Crippen LogP contribution in [0.5, 0.6) is 0 Å². The van der Waals surface area contributed by atoms with Gasteiger partial charge < -0.3 is 28.7 Å². The van der Waals surface area contributed by atoms with E-state index in [1.807, 2.05) is 0 Å². The largest absolute Gasteiger partial charge is 3.00 e. The molecule has 0 aliphatic heterocycles. The van der Waals surface area contributed by atoms with Crippen LogP contribution in [0.2, 0.25) is 0 Å². The van der Waals surface area contributed by atoms with Gasteiger partial charge in [0.25, 0.3) is 0 Å². The van der Waals surface area contributed by atoms with Gasteiger partial charge in [0.05, 0.1) is 0 Å². The van der Waals surface area contributed by atoms with E-state index in [2.05, 4.69) is 0 Å². The summed E-state index contributed by atoms with van der Waals surface area (Å²) >= 11 is 0. The number of hydrogen-bond acceptors (Lipinski definition) is 6. The predicted molar refractivity (Wildman–Crippen MR) is 17.4 cm³/mol. The van der Waals surface area contributed by atoms with E-state index >= 15 is 0 Å². The zero-order chi connectivity index (χ0) is 9.00. The number of rotatable bonds is 0. The molecule has 0 atom stereocenters. The van der Waals surface area contributed by atoms with E-state index in [0.717, 1.165) is 0 Å². The minimum absolute atomic E-state index is 0. The molecule has 6 nitrogen and oxygen atoms in total. The normalized spacial score (nSPS) is 9.83. The Bertz CT molecular complexity index is 136. The van der Waals surface area contributed by atoms with Crippen LogP contribution in [0, 0.1) is 0 Å². The number of hydrogen-bond donors (Lipinski definition) is 0. The van der Waals surface area contributed by atoms with Gasteiger partial charge in [0.1, 0.15) is 15.8 Å². The molecule has 0 amide bonds. The van der Waals surface area contributed by atoms with Crippen LogP contribution in [-0.4, -0.2) is 0 Å². The van der Waals surface area contributed by atoms with Crippen molar-refractivity contribution in [3.63, 3.8) is 0 Å². The fraction of sp³-hybridized carbons (Fsp3) is 0. The summed E-state index contributed by atoms with van der Waals surface area (Å²) < 4.78 is 37.1. The molecule has 0 fully saturated rings. The first-order chi connectivity index (χ1) is 4.00. The van der Waals surface area contributed by atoms with Crippen molar-refractivity contribution in [1.82, 2.24) is 0 Å². The third kappa shape index (κ3) is 730. The van der Waals surface area contributed by atoms with Crippen molar-refractivity contribution in [2.45, 2.75) is 0 Å². The van der Waals surface area contributed by atoms with Gasteiger partial charge in [-0.2, -0.15) is 0 Å². The van der Waals surface area contributed by atoms with Crippen molar-refractivity contribution in [1.29, 1.82) is 0 Å². The van der Waals surface area contributed by atoms with Gasteiger partial charge in [0, 0.05) is 0 Å². The smallest absolute Gasteiger partial charge is 0.786 e. The SMILES string of the molecule is O=P([O-])([O-])F.O=P([O-])([O-])F.[Fe+3].[Li+]. The van der Waals surface area contributed by atoms with Crippen LogP contribution in [0.4, 0.5) is 8.39 Å². The summed E-state index contributed by atoms with van der Waals surface area (Å²) in [5.74, 6) is 0. The van der Waals surface area contributed by atoms with E-state index < -0.39 is 15.8 Å². The van der Waals surface area contributed by atoms with Crippen molar-refractivity contribution < 1.29 is 73.0 Å². The monoisotopic (exact) mass is 259 g/mol. The molecular weight excluding hydrogens is 259 g/mol. The van der Waals surface area contributed by atoms with E-state index in [9.17, 15) is 8.39 Å².